The summed E-state index contributed by atoms with van der Waals surface area (Å²) in [5.41, 5.74) is 3.92. The third-order valence-corrected chi connectivity index (χ3v) is 5.53. The first-order chi connectivity index (χ1) is 13.2. The molecule has 0 aromatic heterocycles. The van der Waals surface area contributed by atoms with E-state index in [0.29, 0.717) is 5.57 Å². The molecule has 1 unspecified atom stereocenters. The van der Waals surface area contributed by atoms with Crippen molar-refractivity contribution in [1.82, 2.24) is 0 Å². The van der Waals surface area contributed by atoms with Gasteiger partial charge in [0, 0.05) is 17.7 Å². The Balaban J connectivity index is 1.88. The smallest absolute Gasteiger partial charge is 0.240 e. The van der Waals surface area contributed by atoms with Gasteiger partial charge in [-0.05, 0) is 28.3 Å². The second kappa shape index (κ2) is 5.78. The fourth-order valence-corrected chi connectivity index (χ4v) is 4.42. The molecule has 0 radical (unpaired) electrons. The average molecular weight is 351 g/mol. The summed E-state index contributed by atoms with van der Waals surface area (Å²) in [5.74, 6) is -0.117. The monoisotopic (exact) mass is 351 g/mol. The predicted molar refractivity (Wildman–Crippen MR) is 106 cm³/mol. The highest BCUT2D eigenvalue weighted by Gasteiger charge is 2.56. The molecule has 5 rings (SSSR count). The van der Waals surface area contributed by atoms with Crippen LogP contribution >= 0.6 is 0 Å². The topological polar surface area (TPSA) is 46.2 Å². The quantitative estimate of drug-likeness (QED) is 0.741. The number of carbonyl (C=O) groups is 2. The molecule has 0 saturated carbocycles. The van der Waals surface area contributed by atoms with Gasteiger partial charge in [-0.2, -0.15) is 0 Å². The predicted octanol–water partition coefficient (Wildman–Crippen LogP) is 4.46. The first-order valence-electron chi connectivity index (χ1n) is 9.01. The molecule has 27 heavy (non-hydrogen) atoms. The molecule has 1 aliphatic carbocycles. The lowest BCUT2D eigenvalue weighted by Gasteiger charge is -2.26. The van der Waals surface area contributed by atoms with Crippen LogP contribution in [0.5, 0.6) is 0 Å². The van der Waals surface area contributed by atoms with Crippen LogP contribution in [-0.2, 0) is 15.0 Å². The number of allylic oxidation sites excluding steroid dienone is 1. The van der Waals surface area contributed by atoms with Crippen molar-refractivity contribution in [2.24, 2.45) is 0 Å². The van der Waals surface area contributed by atoms with Crippen molar-refractivity contribution in [3.05, 3.63) is 102 Å². The molecule has 1 atom stereocenters. The zero-order chi connectivity index (χ0) is 18.4. The summed E-state index contributed by atoms with van der Waals surface area (Å²) in [6.07, 6.45) is 0.157. The van der Waals surface area contributed by atoms with Crippen LogP contribution < -0.4 is 5.32 Å². The van der Waals surface area contributed by atoms with Gasteiger partial charge in [0.2, 0.25) is 5.91 Å². The number of amides is 1. The molecular formula is C24H17NO2. The Morgan fingerprint density at radius 2 is 1.30 bits per heavy atom. The van der Waals surface area contributed by atoms with Crippen LogP contribution in [0, 0.1) is 0 Å². The summed E-state index contributed by atoms with van der Waals surface area (Å²) in [5, 5.41) is 3.00. The van der Waals surface area contributed by atoms with Crippen molar-refractivity contribution in [3.8, 4) is 0 Å². The summed E-state index contributed by atoms with van der Waals surface area (Å²) in [4.78, 5) is 26.5. The number of fused-ring (bicyclic) bond motifs is 2. The van der Waals surface area contributed by atoms with Crippen LogP contribution in [0.15, 0.2) is 84.9 Å². The van der Waals surface area contributed by atoms with Gasteiger partial charge in [-0.25, -0.2) is 0 Å². The van der Waals surface area contributed by atoms with E-state index in [-0.39, 0.29) is 18.1 Å². The second-order valence-corrected chi connectivity index (χ2v) is 6.99. The van der Waals surface area contributed by atoms with E-state index >= 15 is 0 Å². The second-order valence-electron chi connectivity index (χ2n) is 6.99. The summed E-state index contributed by atoms with van der Waals surface area (Å²) in [6, 6.07) is 27.1. The van der Waals surface area contributed by atoms with Gasteiger partial charge in [0.1, 0.15) is 5.41 Å². The highest BCUT2D eigenvalue weighted by Crippen LogP contribution is 2.56. The SMILES string of the molecule is O=C1CC2(C(=O)Nc3ccccc32)C(c2ccccc2)=C1c1ccccc1. The fourth-order valence-electron chi connectivity index (χ4n) is 4.42. The van der Waals surface area contributed by atoms with Crippen LogP contribution in [0.3, 0.4) is 0 Å². The lowest BCUT2D eigenvalue weighted by atomic mass is 9.73. The van der Waals surface area contributed by atoms with Gasteiger partial charge in [0.05, 0.1) is 0 Å². The number of hydrogen-bond donors (Lipinski definition) is 1. The first kappa shape index (κ1) is 15.8. The molecule has 1 spiro atoms. The fraction of sp³-hybridized carbons (Fsp3) is 0.0833. The Labute approximate surface area is 157 Å². The minimum atomic E-state index is -0.972. The van der Waals surface area contributed by atoms with E-state index in [0.717, 1.165) is 28.0 Å². The Morgan fingerprint density at radius 1 is 0.704 bits per heavy atom. The summed E-state index contributed by atoms with van der Waals surface area (Å²) < 4.78 is 0. The maximum absolute atomic E-state index is 13.3. The molecule has 1 N–H and O–H groups in total. The summed E-state index contributed by atoms with van der Waals surface area (Å²) in [6.45, 7) is 0. The molecular weight excluding hydrogens is 334 g/mol. The van der Waals surface area contributed by atoms with E-state index in [1.165, 1.54) is 0 Å². The van der Waals surface area contributed by atoms with E-state index < -0.39 is 5.41 Å². The van der Waals surface area contributed by atoms with Gasteiger partial charge in [-0.15, -0.1) is 0 Å². The lowest BCUT2D eigenvalue weighted by Crippen LogP contribution is -2.34. The van der Waals surface area contributed by atoms with Crippen molar-refractivity contribution in [1.29, 1.82) is 0 Å². The van der Waals surface area contributed by atoms with E-state index in [1.807, 2.05) is 84.9 Å². The number of nitrogens with one attached hydrogen (secondary N) is 1. The Morgan fingerprint density at radius 3 is 2.00 bits per heavy atom. The van der Waals surface area contributed by atoms with E-state index in [1.54, 1.807) is 0 Å². The van der Waals surface area contributed by atoms with Crippen LogP contribution in [0.1, 0.15) is 23.1 Å². The van der Waals surface area contributed by atoms with E-state index in [2.05, 4.69) is 5.32 Å². The van der Waals surface area contributed by atoms with Crippen molar-refractivity contribution >= 4 is 28.5 Å². The molecule has 3 heteroatoms. The van der Waals surface area contributed by atoms with E-state index in [4.69, 9.17) is 0 Å². The molecule has 0 fully saturated rings. The third kappa shape index (κ3) is 2.15. The zero-order valence-corrected chi connectivity index (χ0v) is 14.6. The average Bonchev–Trinajstić information content (AvgIpc) is 3.18. The number of anilines is 1. The largest absolute Gasteiger partial charge is 0.325 e. The molecule has 0 bridgehead atoms. The third-order valence-electron chi connectivity index (χ3n) is 5.53. The van der Waals surface area contributed by atoms with Gasteiger partial charge in [-0.1, -0.05) is 78.9 Å². The number of Topliss-reactive ketones (excluding diaryl/α,β-unsaturated/α-hetero) is 1. The highest BCUT2D eigenvalue weighted by molar-refractivity contribution is 6.38. The van der Waals surface area contributed by atoms with Crippen LogP contribution in [-0.4, -0.2) is 11.7 Å². The maximum atomic E-state index is 13.3. The maximum Gasteiger partial charge on any atom is 0.240 e. The molecule has 3 nitrogen and oxygen atoms in total. The molecule has 130 valence electrons. The Bertz CT molecular complexity index is 1100. The van der Waals surface area contributed by atoms with Gasteiger partial charge in [-0.3, -0.25) is 9.59 Å². The van der Waals surface area contributed by atoms with E-state index in [9.17, 15) is 9.59 Å². The van der Waals surface area contributed by atoms with Crippen molar-refractivity contribution < 1.29 is 9.59 Å². The van der Waals surface area contributed by atoms with Crippen LogP contribution in [0.25, 0.3) is 11.1 Å². The van der Waals surface area contributed by atoms with Crippen molar-refractivity contribution in [2.45, 2.75) is 11.8 Å². The highest BCUT2D eigenvalue weighted by atomic mass is 16.2. The van der Waals surface area contributed by atoms with Gasteiger partial charge in [0.25, 0.3) is 0 Å². The minimum Gasteiger partial charge on any atom is -0.325 e. The van der Waals surface area contributed by atoms with Crippen molar-refractivity contribution in [2.75, 3.05) is 5.32 Å². The number of para-hydroxylation sites is 1. The lowest BCUT2D eigenvalue weighted by molar-refractivity contribution is -0.122. The first-order valence-corrected chi connectivity index (χ1v) is 9.01. The Hall–Kier alpha value is -3.46. The van der Waals surface area contributed by atoms with Gasteiger partial charge < -0.3 is 5.32 Å². The summed E-state index contributed by atoms with van der Waals surface area (Å²) in [7, 11) is 0. The molecule has 2 aliphatic rings. The van der Waals surface area contributed by atoms with Crippen LogP contribution in [0.4, 0.5) is 5.69 Å². The minimum absolute atomic E-state index is 0.00639. The molecule has 3 aromatic carbocycles. The number of carbonyl (C=O) groups excluding carboxylic acids is 2. The standard InChI is InChI=1S/C24H17NO2/c26-20-15-24(18-13-7-8-14-19(18)25-23(24)27)22(17-11-5-2-6-12-17)21(20)16-9-3-1-4-10-16/h1-14H,15H2,(H,25,27). The number of ketones is 1. The normalized spacial score (nSPS) is 20.9. The van der Waals surface area contributed by atoms with Gasteiger partial charge in [0.15, 0.2) is 5.78 Å². The zero-order valence-electron chi connectivity index (χ0n) is 14.6. The van der Waals surface area contributed by atoms with Crippen molar-refractivity contribution in [3.63, 3.8) is 0 Å². The Kier molecular flexibility index (Phi) is 3.37. The molecule has 0 saturated heterocycles. The van der Waals surface area contributed by atoms with Gasteiger partial charge >= 0.3 is 0 Å². The molecule has 1 heterocycles. The number of benzene rings is 3. The molecule has 1 aliphatic heterocycles. The number of rotatable bonds is 2. The summed E-state index contributed by atoms with van der Waals surface area (Å²) >= 11 is 0. The van der Waals surface area contributed by atoms with Crippen LogP contribution in [0.2, 0.25) is 0 Å². The molecule has 3 aromatic rings. The molecule has 1 amide bonds. The number of hydrogen-bond acceptors (Lipinski definition) is 2.